The van der Waals surface area contributed by atoms with Gasteiger partial charge >= 0.3 is 0 Å². The molecule has 1 amide bonds. The molecule has 6 nitrogen and oxygen atoms in total. The predicted octanol–water partition coefficient (Wildman–Crippen LogP) is 3.64. The first-order chi connectivity index (χ1) is 13.9. The van der Waals surface area contributed by atoms with Crippen LogP contribution in [0.4, 0.5) is 5.69 Å². The number of fused-ring (bicyclic) bond motifs is 1. The molecule has 1 saturated heterocycles. The zero-order valence-corrected chi connectivity index (χ0v) is 17.3. The molecule has 29 heavy (non-hydrogen) atoms. The van der Waals surface area contributed by atoms with Gasteiger partial charge in [0.2, 0.25) is 11.8 Å². The molecule has 6 heteroatoms. The van der Waals surface area contributed by atoms with Crippen LogP contribution in [-0.4, -0.2) is 48.5 Å². The van der Waals surface area contributed by atoms with Crippen molar-refractivity contribution in [3.63, 3.8) is 0 Å². The van der Waals surface area contributed by atoms with Crippen molar-refractivity contribution in [2.75, 3.05) is 38.0 Å². The Bertz CT molecular complexity index is 996. The summed E-state index contributed by atoms with van der Waals surface area (Å²) in [7, 11) is 0. The summed E-state index contributed by atoms with van der Waals surface area (Å²) in [6.45, 7) is 10.6. The second-order valence-corrected chi connectivity index (χ2v) is 8.60. The summed E-state index contributed by atoms with van der Waals surface area (Å²) in [4.78, 5) is 19.1. The number of benzene rings is 2. The third-order valence-electron chi connectivity index (χ3n) is 5.25. The van der Waals surface area contributed by atoms with Gasteiger partial charge < -0.3 is 15.1 Å². The standard InChI is InChI=1S/C23H28N4O2/c1-23(2,3)17-6-4-16(5-7-17)22-26-19-14-18(8-9-20(19)29-22)25-21(28)15-27-12-10-24-11-13-27/h4-9,14,24H,10-13,15H2,1-3H3,(H,25,28). The highest BCUT2D eigenvalue weighted by Crippen LogP contribution is 2.29. The number of carbonyl (C=O) groups excluding carboxylic acids is 1. The molecule has 152 valence electrons. The van der Waals surface area contributed by atoms with Crippen molar-refractivity contribution < 1.29 is 9.21 Å². The second-order valence-electron chi connectivity index (χ2n) is 8.60. The normalized spacial score (nSPS) is 15.6. The molecule has 4 rings (SSSR count). The fourth-order valence-corrected chi connectivity index (χ4v) is 3.51. The van der Waals surface area contributed by atoms with Crippen LogP contribution in [0.3, 0.4) is 0 Å². The van der Waals surface area contributed by atoms with Crippen LogP contribution in [0.1, 0.15) is 26.3 Å². The molecule has 0 atom stereocenters. The molecule has 1 aromatic heterocycles. The van der Waals surface area contributed by atoms with E-state index in [-0.39, 0.29) is 11.3 Å². The van der Waals surface area contributed by atoms with Crippen molar-refractivity contribution in [3.8, 4) is 11.5 Å². The van der Waals surface area contributed by atoms with Crippen LogP contribution >= 0.6 is 0 Å². The Morgan fingerprint density at radius 2 is 1.86 bits per heavy atom. The summed E-state index contributed by atoms with van der Waals surface area (Å²) in [6.07, 6.45) is 0. The Morgan fingerprint density at radius 3 is 2.55 bits per heavy atom. The smallest absolute Gasteiger partial charge is 0.238 e. The molecule has 0 radical (unpaired) electrons. The maximum atomic E-state index is 12.3. The van der Waals surface area contributed by atoms with E-state index in [1.807, 2.05) is 30.3 Å². The van der Waals surface area contributed by atoms with Gasteiger partial charge in [-0.05, 0) is 41.3 Å². The minimum Gasteiger partial charge on any atom is -0.436 e. The van der Waals surface area contributed by atoms with Gasteiger partial charge in [0.1, 0.15) is 5.52 Å². The predicted molar refractivity (Wildman–Crippen MR) is 116 cm³/mol. The highest BCUT2D eigenvalue weighted by molar-refractivity contribution is 5.94. The van der Waals surface area contributed by atoms with Crippen LogP contribution < -0.4 is 10.6 Å². The Kier molecular flexibility index (Phi) is 5.39. The number of nitrogens with zero attached hydrogens (tertiary/aromatic N) is 2. The number of anilines is 1. The van der Waals surface area contributed by atoms with Crippen molar-refractivity contribution in [2.24, 2.45) is 0 Å². The van der Waals surface area contributed by atoms with Crippen LogP contribution in [0.15, 0.2) is 46.9 Å². The molecule has 1 aliphatic heterocycles. The number of hydrogen-bond acceptors (Lipinski definition) is 5. The highest BCUT2D eigenvalue weighted by Gasteiger charge is 2.16. The molecule has 0 bridgehead atoms. The van der Waals surface area contributed by atoms with E-state index >= 15 is 0 Å². The lowest BCUT2D eigenvalue weighted by molar-refractivity contribution is -0.117. The van der Waals surface area contributed by atoms with Crippen molar-refractivity contribution in [3.05, 3.63) is 48.0 Å². The molecule has 2 heterocycles. The van der Waals surface area contributed by atoms with Gasteiger partial charge in [-0.15, -0.1) is 0 Å². The molecule has 0 unspecified atom stereocenters. The van der Waals surface area contributed by atoms with Gasteiger partial charge in [-0.1, -0.05) is 32.9 Å². The summed E-state index contributed by atoms with van der Waals surface area (Å²) in [5.74, 6) is 0.581. The number of oxazole rings is 1. The lowest BCUT2D eigenvalue weighted by Crippen LogP contribution is -2.46. The van der Waals surface area contributed by atoms with Crippen LogP contribution in [0.25, 0.3) is 22.6 Å². The number of carbonyl (C=O) groups is 1. The third kappa shape index (κ3) is 4.66. The Labute approximate surface area is 171 Å². The Hall–Kier alpha value is -2.70. The minimum atomic E-state index is -0.00672. The zero-order valence-electron chi connectivity index (χ0n) is 17.3. The maximum absolute atomic E-state index is 12.3. The van der Waals surface area contributed by atoms with Crippen molar-refractivity contribution in [1.82, 2.24) is 15.2 Å². The van der Waals surface area contributed by atoms with Gasteiger partial charge in [-0.2, -0.15) is 0 Å². The summed E-state index contributed by atoms with van der Waals surface area (Å²) >= 11 is 0. The van der Waals surface area contributed by atoms with E-state index in [2.05, 4.69) is 53.4 Å². The molecule has 2 N–H and O–H groups in total. The Morgan fingerprint density at radius 1 is 1.14 bits per heavy atom. The molecule has 0 spiro atoms. The quantitative estimate of drug-likeness (QED) is 0.709. The summed E-state index contributed by atoms with van der Waals surface area (Å²) < 4.78 is 5.92. The number of nitrogens with one attached hydrogen (secondary N) is 2. The molecule has 0 aliphatic carbocycles. The minimum absolute atomic E-state index is 0.00672. The molecule has 0 saturated carbocycles. The average Bonchev–Trinajstić information content (AvgIpc) is 3.11. The summed E-state index contributed by atoms with van der Waals surface area (Å²) in [5, 5.41) is 6.26. The number of amides is 1. The maximum Gasteiger partial charge on any atom is 0.238 e. The number of aromatic nitrogens is 1. The topological polar surface area (TPSA) is 70.4 Å². The van der Waals surface area contributed by atoms with Crippen molar-refractivity contribution >= 4 is 22.7 Å². The fourth-order valence-electron chi connectivity index (χ4n) is 3.51. The highest BCUT2D eigenvalue weighted by atomic mass is 16.3. The lowest BCUT2D eigenvalue weighted by atomic mass is 9.87. The van der Waals surface area contributed by atoms with Crippen LogP contribution in [0, 0.1) is 0 Å². The molecule has 3 aromatic rings. The second kappa shape index (κ2) is 7.97. The molecular weight excluding hydrogens is 364 g/mol. The van der Waals surface area contributed by atoms with E-state index in [0.29, 0.717) is 18.0 Å². The largest absolute Gasteiger partial charge is 0.436 e. The molecule has 1 fully saturated rings. The Balaban J connectivity index is 1.48. The monoisotopic (exact) mass is 392 g/mol. The lowest BCUT2D eigenvalue weighted by Gasteiger charge is -2.26. The number of rotatable bonds is 4. The van der Waals surface area contributed by atoms with Gasteiger partial charge in [0.15, 0.2) is 5.58 Å². The first-order valence-electron chi connectivity index (χ1n) is 10.1. The van der Waals surface area contributed by atoms with Gasteiger partial charge in [0, 0.05) is 37.4 Å². The van der Waals surface area contributed by atoms with E-state index in [0.717, 1.165) is 42.9 Å². The van der Waals surface area contributed by atoms with E-state index in [1.54, 1.807) is 0 Å². The van der Waals surface area contributed by atoms with Gasteiger partial charge in [0.05, 0.1) is 6.54 Å². The summed E-state index contributed by atoms with van der Waals surface area (Å²) in [6, 6.07) is 13.9. The van der Waals surface area contributed by atoms with E-state index in [1.165, 1.54) is 5.56 Å². The van der Waals surface area contributed by atoms with Crippen molar-refractivity contribution in [2.45, 2.75) is 26.2 Å². The molecular formula is C23H28N4O2. The number of piperazine rings is 1. The van der Waals surface area contributed by atoms with Gasteiger partial charge in [0.25, 0.3) is 0 Å². The molecule has 2 aromatic carbocycles. The fraction of sp³-hybridized carbons (Fsp3) is 0.391. The van der Waals surface area contributed by atoms with Crippen LogP contribution in [-0.2, 0) is 10.2 Å². The van der Waals surface area contributed by atoms with Crippen LogP contribution in [0.5, 0.6) is 0 Å². The van der Waals surface area contributed by atoms with Gasteiger partial charge in [-0.3, -0.25) is 9.69 Å². The van der Waals surface area contributed by atoms with Crippen LogP contribution in [0.2, 0.25) is 0 Å². The SMILES string of the molecule is CC(C)(C)c1ccc(-c2nc3cc(NC(=O)CN4CCNCC4)ccc3o2)cc1. The molecule has 1 aliphatic rings. The van der Waals surface area contributed by atoms with E-state index in [9.17, 15) is 4.79 Å². The first-order valence-corrected chi connectivity index (χ1v) is 10.1. The van der Waals surface area contributed by atoms with E-state index < -0.39 is 0 Å². The zero-order chi connectivity index (χ0) is 20.4. The van der Waals surface area contributed by atoms with Crippen molar-refractivity contribution in [1.29, 1.82) is 0 Å². The summed E-state index contributed by atoms with van der Waals surface area (Å²) in [5.41, 5.74) is 4.50. The number of hydrogen-bond donors (Lipinski definition) is 2. The first kappa shape index (κ1) is 19.6. The average molecular weight is 393 g/mol. The van der Waals surface area contributed by atoms with E-state index in [4.69, 9.17) is 4.42 Å². The van der Waals surface area contributed by atoms with Gasteiger partial charge in [-0.25, -0.2) is 4.98 Å². The third-order valence-corrected chi connectivity index (χ3v) is 5.25.